The van der Waals surface area contributed by atoms with Gasteiger partial charge in [0, 0.05) is 6.07 Å². The van der Waals surface area contributed by atoms with Gasteiger partial charge >= 0.3 is 0 Å². The molecule has 7 nitrogen and oxygen atoms in total. The molecule has 0 saturated carbocycles. The summed E-state index contributed by atoms with van der Waals surface area (Å²) in [4.78, 5) is 32.4. The molecule has 1 rings (SSSR count). The van der Waals surface area contributed by atoms with Crippen LogP contribution < -0.4 is 10.9 Å². The minimum absolute atomic E-state index is 0.120. The smallest absolute Gasteiger partial charge is 0.272 e. The molecule has 0 fully saturated rings. The van der Waals surface area contributed by atoms with Gasteiger partial charge < -0.3 is 0 Å². The third-order valence-electron chi connectivity index (χ3n) is 2.01. The summed E-state index contributed by atoms with van der Waals surface area (Å²) < 4.78 is 0. The Bertz CT molecular complexity index is 490. The molecule has 1 aromatic rings. The topological polar surface area (TPSA) is 101 Å². The maximum Gasteiger partial charge on any atom is 0.282 e. The minimum atomic E-state index is -0.746. The quantitative estimate of drug-likeness (QED) is 0.496. The first kappa shape index (κ1) is 14.1. The van der Waals surface area contributed by atoms with Gasteiger partial charge in [0.15, 0.2) is 0 Å². The summed E-state index contributed by atoms with van der Waals surface area (Å²) in [6.45, 7) is 1.58. The molecule has 0 radical (unpaired) electrons. The fourth-order valence-corrected chi connectivity index (χ4v) is 1.22. The Morgan fingerprint density at radius 2 is 1.94 bits per heavy atom. The Morgan fingerprint density at radius 3 is 2.50 bits per heavy atom. The highest BCUT2D eigenvalue weighted by atomic mass is 79.9. The average molecular weight is 316 g/mol. The molecule has 0 aliphatic heterocycles. The van der Waals surface area contributed by atoms with Crippen molar-refractivity contribution in [3.05, 3.63) is 39.9 Å². The van der Waals surface area contributed by atoms with Crippen molar-refractivity contribution >= 4 is 33.4 Å². The lowest BCUT2D eigenvalue weighted by atomic mass is 10.2. The number of nitro groups is 1. The van der Waals surface area contributed by atoms with E-state index in [1.807, 2.05) is 0 Å². The zero-order valence-corrected chi connectivity index (χ0v) is 10.9. The van der Waals surface area contributed by atoms with E-state index in [0.717, 1.165) is 0 Å². The van der Waals surface area contributed by atoms with Crippen molar-refractivity contribution in [1.82, 2.24) is 10.9 Å². The first-order valence-corrected chi connectivity index (χ1v) is 5.82. The third kappa shape index (κ3) is 3.52. The van der Waals surface area contributed by atoms with Crippen LogP contribution in [0.5, 0.6) is 0 Å². The van der Waals surface area contributed by atoms with Crippen molar-refractivity contribution in [2.45, 2.75) is 11.8 Å². The third-order valence-corrected chi connectivity index (χ3v) is 2.42. The summed E-state index contributed by atoms with van der Waals surface area (Å²) in [6.07, 6.45) is 0. The van der Waals surface area contributed by atoms with Crippen LogP contribution in [0.2, 0.25) is 0 Å². The van der Waals surface area contributed by atoms with Crippen molar-refractivity contribution in [3.63, 3.8) is 0 Å². The highest BCUT2D eigenvalue weighted by Gasteiger charge is 2.19. The average Bonchev–Trinajstić information content (AvgIpc) is 2.35. The number of nitro benzene ring substituents is 1. The molecule has 0 aliphatic rings. The molecule has 2 N–H and O–H groups in total. The van der Waals surface area contributed by atoms with E-state index in [4.69, 9.17) is 0 Å². The van der Waals surface area contributed by atoms with E-state index in [9.17, 15) is 19.7 Å². The van der Waals surface area contributed by atoms with Crippen LogP contribution >= 0.6 is 15.9 Å². The number of alkyl halides is 1. The molecule has 0 unspecified atom stereocenters. The Hall–Kier alpha value is -1.96. The molecular formula is C10H10BrN3O4. The van der Waals surface area contributed by atoms with E-state index in [-0.39, 0.29) is 11.3 Å². The molecule has 0 saturated heterocycles. The van der Waals surface area contributed by atoms with Gasteiger partial charge in [0.2, 0.25) is 0 Å². The van der Waals surface area contributed by atoms with Gasteiger partial charge in [0.05, 0.1) is 9.75 Å². The van der Waals surface area contributed by atoms with Crippen molar-refractivity contribution in [2.75, 3.05) is 0 Å². The van der Waals surface area contributed by atoms with E-state index in [1.54, 1.807) is 6.92 Å². The molecule has 2 amide bonds. The van der Waals surface area contributed by atoms with Gasteiger partial charge in [-0.25, -0.2) is 0 Å². The van der Waals surface area contributed by atoms with Crippen LogP contribution in [-0.4, -0.2) is 21.6 Å². The second-order valence-corrected chi connectivity index (χ2v) is 4.71. The summed E-state index contributed by atoms with van der Waals surface area (Å²) >= 11 is 3.01. The zero-order valence-electron chi connectivity index (χ0n) is 9.34. The number of amides is 2. The van der Waals surface area contributed by atoms with E-state index >= 15 is 0 Å². The second kappa shape index (κ2) is 6.10. The van der Waals surface area contributed by atoms with Gasteiger partial charge in [0.1, 0.15) is 5.56 Å². The summed E-state index contributed by atoms with van der Waals surface area (Å²) in [5.41, 5.74) is 3.80. The molecule has 1 atom stereocenters. The molecule has 8 heteroatoms. The number of rotatable bonds is 3. The summed E-state index contributed by atoms with van der Waals surface area (Å²) in [5, 5.41) is 10.7. The predicted molar refractivity (Wildman–Crippen MR) is 67.1 cm³/mol. The van der Waals surface area contributed by atoms with E-state index in [1.165, 1.54) is 24.3 Å². The fourth-order valence-electron chi connectivity index (χ4n) is 1.11. The monoisotopic (exact) mass is 315 g/mol. The van der Waals surface area contributed by atoms with Crippen molar-refractivity contribution < 1.29 is 14.5 Å². The van der Waals surface area contributed by atoms with E-state index < -0.39 is 21.6 Å². The Labute approximate surface area is 111 Å². The number of para-hydroxylation sites is 1. The van der Waals surface area contributed by atoms with Gasteiger partial charge in [0.25, 0.3) is 17.5 Å². The fraction of sp³-hybridized carbons (Fsp3) is 0.200. The normalized spacial score (nSPS) is 11.4. The number of carbonyl (C=O) groups excluding carboxylic acids is 2. The number of hydrazine groups is 1. The van der Waals surface area contributed by atoms with E-state index in [2.05, 4.69) is 26.8 Å². The molecule has 0 bridgehead atoms. The number of carbonyl (C=O) groups is 2. The zero-order chi connectivity index (χ0) is 13.7. The standard InChI is InChI=1S/C10H10BrN3O4/c1-6(11)9(15)12-13-10(16)7-4-2-3-5-8(7)14(17)18/h2-6H,1H3,(H,12,15)(H,13,16)/t6-/m0/s1. The maximum absolute atomic E-state index is 11.7. The van der Waals surface area contributed by atoms with Crippen LogP contribution in [0.25, 0.3) is 0 Å². The SMILES string of the molecule is C[C@H](Br)C(=O)NNC(=O)c1ccccc1[N+](=O)[O-]. The summed E-state index contributed by atoms with van der Waals surface area (Å²) in [6, 6.07) is 5.46. The van der Waals surface area contributed by atoms with Crippen LogP contribution in [0.3, 0.4) is 0 Å². The van der Waals surface area contributed by atoms with Gasteiger partial charge in [-0.3, -0.25) is 30.6 Å². The van der Waals surface area contributed by atoms with Crippen LogP contribution in [0.1, 0.15) is 17.3 Å². The minimum Gasteiger partial charge on any atom is -0.272 e. The number of benzene rings is 1. The predicted octanol–water partition coefficient (Wildman–Crippen LogP) is 1.14. The maximum atomic E-state index is 11.7. The van der Waals surface area contributed by atoms with Gasteiger partial charge in [-0.1, -0.05) is 28.1 Å². The van der Waals surface area contributed by atoms with Crippen LogP contribution in [0, 0.1) is 10.1 Å². The Kier molecular flexibility index (Phi) is 4.78. The van der Waals surface area contributed by atoms with Gasteiger partial charge in [-0.2, -0.15) is 0 Å². The molecule has 96 valence electrons. The van der Waals surface area contributed by atoms with Crippen molar-refractivity contribution in [1.29, 1.82) is 0 Å². The van der Waals surface area contributed by atoms with Crippen LogP contribution in [-0.2, 0) is 4.79 Å². The molecule has 1 aromatic carbocycles. The lowest BCUT2D eigenvalue weighted by molar-refractivity contribution is -0.385. The number of nitrogens with zero attached hydrogens (tertiary/aromatic N) is 1. The second-order valence-electron chi connectivity index (χ2n) is 3.33. The first-order valence-electron chi connectivity index (χ1n) is 4.91. The van der Waals surface area contributed by atoms with E-state index in [0.29, 0.717) is 0 Å². The van der Waals surface area contributed by atoms with Crippen molar-refractivity contribution in [3.8, 4) is 0 Å². The molecule has 0 heterocycles. The van der Waals surface area contributed by atoms with Crippen LogP contribution in [0.4, 0.5) is 5.69 Å². The number of nitrogens with one attached hydrogen (secondary N) is 2. The lowest BCUT2D eigenvalue weighted by Crippen LogP contribution is -2.44. The van der Waals surface area contributed by atoms with Gasteiger partial charge in [-0.05, 0) is 13.0 Å². The Morgan fingerprint density at radius 1 is 1.33 bits per heavy atom. The van der Waals surface area contributed by atoms with Crippen molar-refractivity contribution in [2.24, 2.45) is 0 Å². The Balaban J connectivity index is 2.79. The first-order chi connectivity index (χ1) is 8.43. The lowest BCUT2D eigenvalue weighted by Gasteiger charge is -2.08. The van der Waals surface area contributed by atoms with Gasteiger partial charge in [-0.15, -0.1) is 0 Å². The highest BCUT2D eigenvalue weighted by molar-refractivity contribution is 9.10. The summed E-state index contributed by atoms with van der Waals surface area (Å²) in [7, 11) is 0. The molecular weight excluding hydrogens is 306 g/mol. The molecule has 0 aromatic heterocycles. The number of hydrogen-bond donors (Lipinski definition) is 2. The van der Waals surface area contributed by atoms with Crippen LogP contribution in [0.15, 0.2) is 24.3 Å². The molecule has 18 heavy (non-hydrogen) atoms. The number of halogens is 1. The number of hydrogen-bond acceptors (Lipinski definition) is 4. The largest absolute Gasteiger partial charge is 0.282 e. The molecule has 0 spiro atoms. The molecule has 0 aliphatic carbocycles. The summed E-state index contributed by atoms with van der Waals surface area (Å²) in [5.74, 6) is -1.20. The highest BCUT2D eigenvalue weighted by Crippen LogP contribution is 2.16.